The lowest BCUT2D eigenvalue weighted by Crippen LogP contribution is -2.13. The second-order valence-corrected chi connectivity index (χ2v) is 4.46. The number of methoxy groups -OCH3 is 2. The van der Waals surface area contributed by atoms with Crippen LogP contribution < -0.4 is 10.5 Å². The number of amidine groups is 1. The van der Waals surface area contributed by atoms with E-state index in [0.29, 0.717) is 44.3 Å². The van der Waals surface area contributed by atoms with Crippen LogP contribution in [0.2, 0.25) is 0 Å². The standard InChI is InChI=1S/C15H24N2O4/c1-18-8-9-20-6-3-7-21-11-12-4-5-14(19-2)13(10-12)15(16)17/h4-5,10H,3,6-9,11H2,1-2H3,(H3,16,17). The van der Waals surface area contributed by atoms with E-state index in [9.17, 15) is 0 Å². The van der Waals surface area contributed by atoms with Crippen LogP contribution in [0, 0.1) is 5.41 Å². The van der Waals surface area contributed by atoms with Crippen molar-refractivity contribution in [2.45, 2.75) is 13.0 Å². The molecule has 0 saturated carbocycles. The summed E-state index contributed by atoms with van der Waals surface area (Å²) in [6.45, 7) is 2.97. The smallest absolute Gasteiger partial charge is 0.129 e. The normalized spacial score (nSPS) is 10.6. The molecule has 0 heterocycles. The van der Waals surface area contributed by atoms with Gasteiger partial charge >= 0.3 is 0 Å². The van der Waals surface area contributed by atoms with E-state index in [1.165, 1.54) is 0 Å². The largest absolute Gasteiger partial charge is 0.496 e. The number of rotatable bonds is 11. The third-order valence-electron chi connectivity index (χ3n) is 2.83. The molecule has 6 nitrogen and oxygen atoms in total. The number of nitrogens with two attached hydrogens (primary N) is 1. The van der Waals surface area contributed by atoms with Crippen molar-refractivity contribution in [2.75, 3.05) is 40.6 Å². The Labute approximate surface area is 125 Å². The minimum atomic E-state index is -0.0137. The van der Waals surface area contributed by atoms with Crippen LogP contribution in [0.25, 0.3) is 0 Å². The van der Waals surface area contributed by atoms with E-state index in [2.05, 4.69) is 0 Å². The highest BCUT2D eigenvalue weighted by Gasteiger charge is 2.07. The third-order valence-corrected chi connectivity index (χ3v) is 2.83. The fraction of sp³-hybridized carbons (Fsp3) is 0.533. The fourth-order valence-electron chi connectivity index (χ4n) is 1.75. The van der Waals surface area contributed by atoms with E-state index < -0.39 is 0 Å². The summed E-state index contributed by atoms with van der Waals surface area (Å²) in [6, 6.07) is 5.51. The van der Waals surface area contributed by atoms with Gasteiger partial charge in [0.2, 0.25) is 0 Å². The van der Waals surface area contributed by atoms with Crippen molar-refractivity contribution in [1.29, 1.82) is 5.41 Å². The van der Waals surface area contributed by atoms with Gasteiger partial charge in [-0.15, -0.1) is 0 Å². The summed E-state index contributed by atoms with van der Waals surface area (Å²) in [4.78, 5) is 0. The van der Waals surface area contributed by atoms with Crippen molar-refractivity contribution >= 4 is 5.84 Å². The fourth-order valence-corrected chi connectivity index (χ4v) is 1.75. The summed E-state index contributed by atoms with van der Waals surface area (Å²) >= 11 is 0. The monoisotopic (exact) mass is 296 g/mol. The molecule has 6 heteroatoms. The summed E-state index contributed by atoms with van der Waals surface area (Å²) in [5.41, 5.74) is 7.07. The van der Waals surface area contributed by atoms with Crippen molar-refractivity contribution in [2.24, 2.45) is 5.73 Å². The first-order valence-corrected chi connectivity index (χ1v) is 6.84. The molecule has 3 N–H and O–H groups in total. The number of ether oxygens (including phenoxy) is 4. The first-order chi connectivity index (χ1) is 10.2. The molecular formula is C15H24N2O4. The number of nitrogen functional groups attached to an aromatic ring is 1. The van der Waals surface area contributed by atoms with Gasteiger partial charge in [0.15, 0.2) is 0 Å². The van der Waals surface area contributed by atoms with Crippen LogP contribution in [-0.4, -0.2) is 46.5 Å². The molecule has 0 atom stereocenters. The predicted octanol–water partition coefficient (Wildman–Crippen LogP) is 1.55. The van der Waals surface area contributed by atoms with Crippen LogP contribution in [-0.2, 0) is 20.8 Å². The van der Waals surface area contributed by atoms with E-state index in [4.69, 9.17) is 30.1 Å². The molecule has 1 aromatic carbocycles. The molecule has 0 unspecified atom stereocenters. The van der Waals surface area contributed by atoms with E-state index in [1.54, 1.807) is 20.3 Å². The highest BCUT2D eigenvalue weighted by atomic mass is 16.5. The van der Waals surface area contributed by atoms with Crippen molar-refractivity contribution < 1.29 is 18.9 Å². The molecule has 0 radical (unpaired) electrons. The average molecular weight is 296 g/mol. The molecule has 0 aromatic heterocycles. The Kier molecular flexibility index (Phi) is 8.42. The summed E-state index contributed by atoms with van der Waals surface area (Å²) < 4.78 is 21.0. The zero-order valence-corrected chi connectivity index (χ0v) is 12.7. The zero-order chi connectivity index (χ0) is 15.5. The number of nitrogens with one attached hydrogen (secondary N) is 1. The van der Waals surface area contributed by atoms with Gasteiger partial charge in [-0.1, -0.05) is 6.07 Å². The van der Waals surface area contributed by atoms with Crippen LogP contribution >= 0.6 is 0 Å². The van der Waals surface area contributed by atoms with Crippen molar-refractivity contribution in [3.05, 3.63) is 29.3 Å². The zero-order valence-electron chi connectivity index (χ0n) is 12.7. The summed E-state index contributed by atoms with van der Waals surface area (Å²) in [5.74, 6) is 0.582. The molecule has 0 fully saturated rings. The van der Waals surface area contributed by atoms with Gasteiger partial charge in [-0.05, 0) is 24.1 Å². The van der Waals surface area contributed by atoms with Crippen molar-refractivity contribution in [3.8, 4) is 5.75 Å². The summed E-state index contributed by atoms with van der Waals surface area (Å²) in [7, 11) is 3.21. The van der Waals surface area contributed by atoms with E-state index in [0.717, 1.165) is 12.0 Å². The molecule has 0 aliphatic heterocycles. The first-order valence-electron chi connectivity index (χ1n) is 6.84. The third kappa shape index (κ3) is 6.57. The van der Waals surface area contributed by atoms with Gasteiger partial charge in [-0.25, -0.2) is 0 Å². The van der Waals surface area contributed by atoms with E-state index >= 15 is 0 Å². The quantitative estimate of drug-likeness (QED) is 0.367. The van der Waals surface area contributed by atoms with Gasteiger partial charge in [0, 0.05) is 20.3 Å². The van der Waals surface area contributed by atoms with Crippen molar-refractivity contribution in [1.82, 2.24) is 0 Å². The molecule has 1 rings (SSSR count). The van der Waals surface area contributed by atoms with E-state index in [1.807, 2.05) is 12.1 Å². The first kappa shape index (κ1) is 17.4. The maximum Gasteiger partial charge on any atom is 0.129 e. The highest BCUT2D eigenvalue weighted by molar-refractivity contribution is 5.97. The Morgan fingerprint density at radius 2 is 1.86 bits per heavy atom. The van der Waals surface area contributed by atoms with E-state index in [-0.39, 0.29) is 5.84 Å². The van der Waals surface area contributed by atoms with Crippen LogP contribution in [0.15, 0.2) is 18.2 Å². The number of hydrogen-bond acceptors (Lipinski definition) is 5. The minimum absolute atomic E-state index is 0.0137. The van der Waals surface area contributed by atoms with Crippen LogP contribution in [0.3, 0.4) is 0 Å². The molecule has 0 amide bonds. The maximum atomic E-state index is 7.53. The average Bonchev–Trinajstić information content (AvgIpc) is 2.49. The van der Waals surface area contributed by atoms with Gasteiger partial charge < -0.3 is 24.7 Å². The predicted molar refractivity (Wildman–Crippen MR) is 81.0 cm³/mol. The Morgan fingerprint density at radius 1 is 1.10 bits per heavy atom. The second-order valence-electron chi connectivity index (χ2n) is 4.46. The van der Waals surface area contributed by atoms with Crippen LogP contribution in [0.1, 0.15) is 17.5 Å². The van der Waals surface area contributed by atoms with Crippen LogP contribution in [0.5, 0.6) is 5.75 Å². The van der Waals surface area contributed by atoms with Gasteiger partial charge in [-0.3, -0.25) is 5.41 Å². The lowest BCUT2D eigenvalue weighted by molar-refractivity contribution is 0.0483. The maximum absolute atomic E-state index is 7.53. The van der Waals surface area contributed by atoms with Gasteiger partial charge in [0.05, 0.1) is 32.5 Å². The van der Waals surface area contributed by atoms with Gasteiger partial charge in [-0.2, -0.15) is 0 Å². The lowest BCUT2D eigenvalue weighted by Gasteiger charge is -2.10. The number of hydrogen-bond donors (Lipinski definition) is 2. The van der Waals surface area contributed by atoms with Gasteiger partial charge in [0.1, 0.15) is 11.6 Å². The molecule has 118 valence electrons. The molecule has 0 aliphatic carbocycles. The summed E-state index contributed by atoms with van der Waals surface area (Å²) in [6.07, 6.45) is 0.833. The molecule has 0 spiro atoms. The molecular weight excluding hydrogens is 272 g/mol. The van der Waals surface area contributed by atoms with Crippen LogP contribution in [0.4, 0.5) is 0 Å². The minimum Gasteiger partial charge on any atom is -0.496 e. The second kappa shape index (κ2) is 10.1. The highest BCUT2D eigenvalue weighted by Crippen LogP contribution is 2.19. The molecule has 1 aromatic rings. The topological polar surface area (TPSA) is 86.8 Å². The SMILES string of the molecule is COCCOCCCOCc1ccc(OC)c(C(=N)N)c1. The molecule has 0 aliphatic rings. The van der Waals surface area contributed by atoms with Gasteiger partial charge in [0.25, 0.3) is 0 Å². The van der Waals surface area contributed by atoms with Crippen molar-refractivity contribution in [3.63, 3.8) is 0 Å². The Balaban J connectivity index is 2.29. The summed E-state index contributed by atoms with van der Waals surface area (Å²) in [5, 5.41) is 7.53. The number of benzene rings is 1. The Bertz CT molecular complexity index is 438. The molecule has 0 saturated heterocycles. The molecule has 0 bridgehead atoms. The molecule has 21 heavy (non-hydrogen) atoms. The lowest BCUT2D eigenvalue weighted by atomic mass is 10.1. The Morgan fingerprint density at radius 3 is 2.52 bits per heavy atom. The Hall–Kier alpha value is -1.63.